The summed E-state index contributed by atoms with van der Waals surface area (Å²) in [4.78, 5) is 22.0. The quantitative estimate of drug-likeness (QED) is 0.356. The topological polar surface area (TPSA) is 145 Å². The van der Waals surface area contributed by atoms with Crippen LogP contribution in [-0.4, -0.2) is 55.2 Å². The number of hydrogen-bond donors (Lipinski definition) is 3. The fraction of sp³-hybridized carbons (Fsp3) is 0.190. The highest BCUT2D eigenvalue weighted by Crippen LogP contribution is 2.37. The van der Waals surface area contributed by atoms with Gasteiger partial charge in [0, 0.05) is 13.1 Å². The number of methoxy groups -OCH3 is 1. The van der Waals surface area contributed by atoms with Crippen LogP contribution >= 0.6 is 0 Å². The van der Waals surface area contributed by atoms with Crippen molar-refractivity contribution in [2.75, 3.05) is 24.8 Å². The first-order chi connectivity index (χ1) is 16.5. The van der Waals surface area contributed by atoms with Gasteiger partial charge < -0.3 is 20.7 Å². The number of nitrogens with zero attached hydrogens (tertiary/aromatic N) is 7. The smallest absolute Gasteiger partial charge is 0.273 e. The number of amides is 1. The number of nitrogens with one attached hydrogen (secondary N) is 3. The third kappa shape index (κ3) is 4.72. The third-order valence-electron chi connectivity index (χ3n) is 4.66. The molecule has 4 aromatic rings. The maximum atomic E-state index is 13.3. The van der Waals surface area contributed by atoms with Gasteiger partial charge in [-0.3, -0.25) is 4.79 Å². The number of carbonyl (C=O) groups excluding carboxylic acids is 1. The highest BCUT2D eigenvalue weighted by atomic mass is 19.1. The summed E-state index contributed by atoms with van der Waals surface area (Å²) in [5.74, 6) is 0.513. The van der Waals surface area contributed by atoms with E-state index in [2.05, 4.69) is 46.3 Å². The zero-order valence-electron chi connectivity index (χ0n) is 18.6. The molecule has 0 aliphatic carbocycles. The summed E-state index contributed by atoms with van der Waals surface area (Å²) < 4.78 is 18.9. The summed E-state index contributed by atoms with van der Waals surface area (Å²) in [6, 6.07) is 6.86. The highest BCUT2D eigenvalue weighted by molar-refractivity contribution is 5.99. The molecule has 0 radical (unpaired) electrons. The van der Waals surface area contributed by atoms with Gasteiger partial charge in [-0.1, -0.05) is 6.07 Å². The van der Waals surface area contributed by atoms with Crippen LogP contribution in [0.2, 0.25) is 0 Å². The fourth-order valence-electron chi connectivity index (χ4n) is 3.10. The second-order valence-electron chi connectivity index (χ2n) is 6.85. The van der Waals surface area contributed by atoms with Gasteiger partial charge in [0.1, 0.15) is 0 Å². The van der Waals surface area contributed by atoms with Crippen LogP contribution in [0.15, 0.2) is 42.9 Å². The standard InChI is InChI=1S/C21H21FN10O2/c1-4-32-26-11-17(31-32)28-16-8-15(18(30-29-16)21(33)23-2)27-14-7-5-6-13(19(14)34-3)20-24-9-12(22)10-25-20/h5-11H,4H2,1-3H3,(H,23,33)(H2,27,28,29,31). The lowest BCUT2D eigenvalue weighted by Crippen LogP contribution is -2.21. The lowest BCUT2D eigenvalue weighted by atomic mass is 10.1. The predicted octanol–water partition coefficient (Wildman–Crippen LogP) is 2.54. The maximum absolute atomic E-state index is 13.3. The Morgan fingerprint density at radius 1 is 1.09 bits per heavy atom. The van der Waals surface area contributed by atoms with Gasteiger partial charge in [-0.2, -0.15) is 9.90 Å². The molecule has 0 saturated carbocycles. The van der Waals surface area contributed by atoms with E-state index >= 15 is 0 Å². The van der Waals surface area contributed by atoms with Crippen molar-refractivity contribution in [3.8, 4) is 17.1 Å². The highest BCUT2D eigenvalue weighted by Gasteiger charge is 2.19. The Labute approximate surface area is 193 Å². The molecule has 0 bridgehead atoms. The van der Waals surface area contributed by atoms with Crippen molar-refractivity contribution in [3.63, 3.8) is 0 Å². The lowest BCUT2D eigenvalue weighted by Gasteiger charge is -2.16. The van der Waals surface area contributed by atoms with E-state index < -0.39 is 11.7 Å². The summed E-state index contributed by atoms with van der Waals surface area (Å²) in [5.41, 5.74) is 1.46. The van der Waals surface area contributed by atoms with Crippen molar-refractivity contribution in [2.24, 2.45) is 0 Å². The Morgan fingerprint density at radius 3 is 2.56 bits per heavy atom. The molecule has 1 aromatic carbocycles. The first-order valence-corrected chi connectivity index (χ1v) is 10.2. The Hall–Kier alpha value is -4.68. The number of halogens is 1. The van der Waals surface area contributed by atoms with Crippen LogP contribution in [-0.2, 0) is 6.54 Å². The van der Waals surface area contributed by atoms with Crippen LogP contribution in [0, 0.1) is 5.82 Å². The van der Waals surface area contributed by atoms with E-state index in [4.69, 9.17) is 4.74 Å². The molecule has 4 rings (SSSR count). The van der Waals surface area contributed by atoms with E-state index in [1.165, 1.54) is 19.0 Å². The average molecular weight is 464 g/mol. The van der Waals surface area contributed by atoms with Gasteiger partial charge in [0.25, 0.3) is 5.91 Å². The van der Waals surface area contributed by atoms with Crippen molar-refractivity contribution in [1.29, 1.82) is 0 Å². The van der Waals surface area contributed by atoms with Gasteiger partial charge in [-0.25, -0.2) is 14.4 Å². The van der Waals surface area contributed by atoms with Crippen LogP contribution in [0.5, 0.6) is 5.75 Å². The first kappa shape index (κ1) is 22.5. The molecule has 0 saturated heterocycles. The summed E-state index contributed by atoms with van der Waals surface area (Å²) in [6.45, 7) is 2.53. The molecule has 34 heavy (non-hydrogen) atoms. The van der Waals surface area contributed by atoms with E-state index in [9.17, 15) is 9.18 Å². The Balaban J connectivity index is 1.72. The minimum atomic E-state index is -0.547. The molecule has 12 nitrogen and oxygen atoms in total. The lowest BCUT2D eigenvalue weighted by molar-refractivity contribution is 0.0958. The van der Waals surface area contributed by atoms with Gasteiger partial charge in [0.15, 0.2) is 34.7 Å². The number of rotatable bonds is 8. The van der Waals surface area contributed by atoms with Crippen LogP contribution < -0.4 is 20.7 Å². The largest absolute Gasteiger partial charge is 0.494 e. The normalized spacial score (nSPS) is 10.6. The number of anilines is 4. The zero-order chi connectivity index (χ0) is 24.1. The van der Waals surface area contributed by atoms with Crippen LogP contribution in [0.1, 0.15) is 17.4 Å². The molecule has 0 aliphatic heterocycles. The molecule has 3 aromatic heterocycles. The van der Waals surface area contributed by atoms with Crippen molar-refractivity contribution < 1.29 is 13.9 Å². The summed E-state index contributed by atoms with van der Waals surface area (Å²) in [6.07, 6.45) is 3.70. The molecule has 0 aliphatic rings. The number of hydrogen-bond acceptors (Lipinski definition) is 10. The van der Waals surface area contributed by atoms with Crippen molar-refractivity contribution in [3.05, 3.63) is 54.4 Å². The second kappa shape index (κ2) is 9.85. The Kier molecular flexibility index (Phi) is 6.52. The molecule has 3 N–H and O–H groups in total. The number of benzene rings is 1. The molecule has 0 atom stereocenters. The SMILES string of the molecule is CCn1ncc(Nc2cc(Nc3cccc(-c4ncc(F)cn4)c3OC)c(C(=O)NC)nn2)n1. The van der Waals surface area contributed by atoms with Gasteiger partial charge in [-0.15, -0.1) is 15.3 Å². The monoisotopic (exact) mass is 464 g/mol. The van der Waals surface area contributed by atoms with Gasteiger partial charge >= 0.3 is 0 Å². The number of para-hydroxylation sites is 1. The molecule has 0 fully saturated rings. The van der Waals surface area contributed by atoms with E-state index in [-0.39, 0.29) is 11.5 Å². The van der Waals surface area contributed by atoms with E-state index in [0.717, 1.165) is 12.4 Å². The third-order valence-corrected chi connectivity index (χ3v) is 4.66. The molecule has 0 unspecified atom stereocenters. The summed E-state index contributed by atoms with van der Waals surface area (Å²) in [7, 11) is 2.98. The van der Waals surface area contributed by atoms with Crippen LogP contribution in [0.3, 0.4) is 0 Å². The van der Waals surface area contributed by atoms with E-state index in [1.807, 2.05) is 6.92 Å². The van der Waals surface area contributed by atoms with Crippen molar-refractivity contribution >= 4 is 28.9 Å². The maximum Gasteiger partial charge on any atom is 0.273 e. The molecule has 3 heterocycles. The van der Waals surface area contributed by atoms with Crippen LogP contribution in [0.4, 0.5) is 27.4 Å². The summed E-state index contributed by atoms with van der Waals surface area (Å²) in [5, 5.41) is 25.2. The zero-order valence-corrected chi connectivity index (χ0v) is 18.6. The Bertz CT molecular complexity index is 1310. The average Bonchev–Trinajstić information content (AvgIpc) is 3.31. The molecule has 0 spiro atoms. The number of aromatic nitrogens is 7. The van der Waals surface area contributed by atoms with Crippen molar-refractivity contribution in [1.82, 2.24) is 40.5 Å². The van der Waals surface area contributed by atoms with E-state index in [1.54, 1.807) is 30.5 Å². The van der Waals surface area contributed by atoms with Gasteiger partial charge in [0.05, 0.1) is 49.2 Å². The van der Waals surface area contributed by atoms with Crippen LogP contribution in [0.25, 0.3) is 11.4 Å². The minimum Gasteiger partial charge on any atom is -0.494 e. The summed E-state index contributed by atoms with van der Waals surface area (Å²) >= 11 is 0. The van der Waals surface area contributed by atoms with Gasteiger partial charge in [0.2, 0.25) is 0 Å². The second-order valence-corrected chi connectivity index (χ2v) is 6.85. The number of carbonyl (C=O) groups is 1. The minimum absolute atomic E-state index is 0.0655. The molecule has 1 amide bonds. The molecule has 174 valence electrons. The first-order valence-electron chi connectivity index (χ1n) is 10.2. The molecular formula is C21H21FN10O2. The Morgan fingerprint density at radius 2 is 1.88 bits per heavy atom. The predicted molar refractivity (Wildman–Crippen MR) is 122 cm³/mol. The fourth-order valence-corrected chi connectivity index (χ4v) is 3.10. The number of aryl methyl sites for hydroxylation is 1. The number of ether oxygens (including phenoxy) is 1. The molecule has 13 heteroatoms. The van der Waals surface area contributed by atoms with Gasteiger partial charge in [-0.05, 0) is 19.1 Å². The molecular weight excluding hydrogens is 443 g/mol. The van der Waals surface area contributed by atoms with Crippen molar-refractivity contribution in [2.45, 2.75) is 13.5 Å². The van der Waals surface area contributed by atoms with E-state index in [0.29, 0.717) is 40.9 Å².